The van der Waals surface area contributed by atoms with Crippen molar-refractivity contribution in [2.45, 2.75) is 18.9 Å². The van der Waals surface area contributed by atoms with Gasteiger partial charge in [0.15, 0.2) is 0 Å². The van der Waals surface area contributed by atoms with Crippen molar-refractivity contribution in [1.29, 1.82) is 0 Å². The summed E-state index contributed by atoms with van der Waals surface area (Å²) in [4.78, 5) is 13.8. The maximum absolute atomic E-state index is 12.1. The van der Waals surface area contributed by atoms with Crippen molar-refractivity contribution in [2.24, 2.45) is 0 Å². The van der Waals surface area contributed by atoms with Gasteiger partial charge in [-0.3, -0.25) is 4.79 Å². The lowest BCUT2D eigenvalue weighted by atomic mass is 10.2. The number of hydrogen-bond acceptors (Lipinski definition) is 3. The molecule has 1 fully saturated rings. The maximum atomic E-state index is 12.1. The van der Waals surface area contributed by atoms with Crippen molar-refractivity contribution >= 4 is 12.0 Å². The highest BCUT2D eigenvalue weighted by Gasteiger charge is 2.26. The van der Waals surface area contributed by atoms with Crippen LogP contribution in [0.1, 0.15) is 18.4 Å². The Bertz CT molecular complexity index is 470. The van der Waals surface area contributed by atoms with Crippen LogP contribution in [-0.2, 0) is 4.79 Å². The first kappa shape index (κ1) is 13.6. The summed E-state index contributed by atoms with van der Waals surface area (Å²) in [5.41, 5.74) is 0.873. The van der Waals surface area contributed by atoms with E-state index in [1.807, 2.05) is 24.3 Å². The van der Waals surface area contributed by atoms with Crippen LogP contribution >= 0.6 is 0 Å². The number of aliphatic hydroxyl groups is 1. The fourth-order valence-corrected chi connectivity index (χ4v) is 2.38. The number of para-hydroxylation sites is 1. The molecule has 1 aromatic carbocycles. The van der Waals surface area contributed by atoms with Crippen molar-refractivity contribution in [3.05, 3.63) is 35.9 Å². The number of ether oxygens (including phenoxy) is 1. The van der Waals surface area contributed by atoms with E-state index in [1.165, 1.54) is 0 Å². The minimum Gasteiger partial charge on any atom is -0.496 e. The Hall–Kier alpha value is -1.81. The predicted molar refractivity (Wildman–Crippen MR) is 73.8 cm³/mol. The second kappa shape index (κ2) is 6.38. The Kier molecular flexibility index (Phi) is 4.58. The molecule has 1 amide bonds. The first-order chi connectivity index (χ1) is 9.26. The van der Waals surface area contributed by atoms with Gasteiger partial charge in [-0.25, -0.2) is 0 Å². The molecule has 102 valence electrons. The zero-order valence-electron chi connectivity index (χ0n) is 11.1. The second-order valence-corrected chi connectivity index (χ2v) is 4.59. The molecule has 1 aromatic rings. The third-order valence-corrected chi connectivity index (χ3v) is 3.42. The fourth-order valence-electron chi connectivity index (χ4n) is 2.38. The first-order valence-electron chi connectivity index (χ1n) is 6.49. The average Bonchev–Trinajstić information content (AvgIpc) is 2.93. The van der Waals surface area contributed by atoms with Crippen LogP contribution in [0.15, 0.2) is 30.3 Å². The Balaban J connectivity index is 2.07. The largest absolute Gasteiger partial charge is 0.496 e. The predicted octanol–water partition coefficient (Wildman–Crippen LogP) is 1.69. The highest BCUT2D eigenvalue weighted by atomic mass is 16.5. The summed E-state index contributed by atoms with van der Waals surface area (Å²) < 4.78 is 5.23. The van der Waals surface area contributed by atoms with E-state index in [0.29, 0.717) is 0 Å². The van der Waals surface area contributed by atoms with E-state index in [4.69, 9.17) is 4.74 Å². The first-order valence-corrected chi connectivity index (χ1v) is 6.49. The van der Waals surface area contributed by atoms with Crippen LogP contribution in [0.2, 0.25) is 0 Å². The van der Waals surface area contributed by atoms with E-state index < -0.39 is 0 Å². The van der Waals surface area contributed by atoms with E-state index in [0.717, 1.165) is 30.7 Å². The average molecular weight is 261 g/mol. The van der Waals surface area contributed by atoms with Crippen LogP contribution in [0.5, 0.6) is 5.75 Å². The number of amides is 1. The van der Waals surface area contributed by atoms with Gasteiger partial charge in [0.1, 0.15) is 5.75 Å². The van der Waals surface area contributed by atoms with Gasteiger partial charge in [-0.05, 0) is 25.0 Å². The van der Waals surface area contributed by atoms with E-state index in [2.05, 4.69) is 0 Å². The number of likely N-dealkylation sites (tertiary alicyclic amines) is 1. The van der Waals surface area contributed by atoms with E-state index in [1.54, 1.807) is 24.2 Å². The van der Waals surface area contributed by atoms with Gasteiger partial charge >= 0.3 is 0 Å². The maximum Gasteiger partial charge on any atom is 0.246 e. The van der Waals surface area contributed by atoms with Gasteiger partial charge in [-0.15, -0.1) is 0 Å². The smallest absolute Gasteiger partial charge is 0.246 e. The van der Waals surface area contributed by atoms with Crippen LogP contribution in [0.25, 0.3) is 6.08 Å². The Morgan fingerprint density at radius 1 is 1.53 bits per heavy atom. The molecule has 0 aromatic heterocycles. The van der Waals surface area contributed by atoms with Crippen molar-refractivity contribution < 1.29 is 14.6 Å². The molecule has 0 saturated carbocycles. The number of methoxy groups -OCH3 is 1. The number of aliphatic hydroxyl groups excluding tert-OH is 1. The molecule has 1 atom stereocenters. The molecule has 1 heterocycles. The van der Waals surface area contributed by atoms with Gasteiger partial charge < -0.3 is 14.7 Å². The van der Waals surface area contributed by atoms with Crippen LogP contribution in [0, 0.1) is 0 Å². The lowest BCUT2D eigenvalue weighted by Gasteiger charge is -2.21. The number of carbonyl (C=O) groups is 1. The molecule has 0 spiro atoms. The van der Waals surface area contributed by atoms with Crippen LogP contribution < -0.4 is 4.74 Å². The van der Waals surface area contributed by atoms with E-state index in [9.17, 15) is 9.90 Å². The minimum absolute atomic E-state index is 0.0326. The zero-order valence-corrected chi connectivity index (χ0v) is 11.1. The van der Waals surface area contributed by atoms with Gasteiger partial charge in [0.2, 0.25) is 5.91 Å². The standard InChI is InChI=1S/C15H19NO3/c1-19-14-7-3-2-5-12(14)8-9-15(18)16-10-4-6-13(16)11-17/h2-3,5,7-9,13,17H,4,6,10-11H2,1H3/t13-/m0/s1. The lowest BCUT2D eigenvalue weighted by molar-refractivity contribution is -0.127. The topological polar surface area (TPSA) is 49.8 Å². The van der Waals surface area contributed by atoms with Gasteiger partial charge in [-0.2, -0.15) is 0 Å². The molecule has 1 N–H and O–H groups in total. The molecule has 19 heavy (non-hydrogen) atoms. The summed E-state index contributed by atoms with van der Waals surface area (Å²) >= 11 is 0. The molecule has 0 aliphatic carbocycles. The summed E-state index contributed by atoms with van der Waals surface area (Å²) in [6.07, 6.45) is 5.14. The normalized spacial score (nSPS) is 19.1. The molecular formula is C15H19NO3. The second-order valence-electron chi connectivity index (χ2n) is 4.59. The van der Waals surface area contributed by atoms with Crippen molar-refractivity contribution in [1.82, 2.24) is 4.90 Å². The van der Waals surface area contributed by atoms with Gasteiger partial charge in [0.05, 0.1) is 19.8 Å². The molecule has 0 radical (unpaired) electrons. The van der Waals surface area contributed by atoms with Crippen LogP contribution in [0.4, 0.5) is 0 Å². The number of hydrogen-bond donors (Lipinski definition) is 1. The number of rotatable bonds is 4. The fraction of sp³-hybridized carbons (Fsp3) is 0.400. The minimum atomic E-state index is -0.0533. The van der Waals surface area contributed by atoms with Crippen LogP contribution in [-0.4, -0.2) is 42.2 Å². The monoisotopic (exact) mass is 261 g/mol. The summed E-state index contributed by atoms with van der Waals surface area (Å²) in [5.74, 6) is 0.689. The van der Waals surface area contributed by atoms with Gasteiger partial charge in [0, 0.05) is 18.2 Å². The third-order valence-electron chi connectivity index (χ3n) is 3.42. The van der Waals surface area contributed by atoms with Gasteiger partial charge in [0.25, 0.3) is 0 Å². The quantitative estimate of drug-likeness (QED) is 0.839. The molecule has 1 saturated heterocycles. The number of benzene rings is 1. The molecular weight excluding hydrogens is 242 g/mol. The summed E-state index contributed by atoms with van der Waals surface area (Å²) in [6.45, 7) is 0.758. The molecule has 0 unspecified atom stereocenters. The van der Waals surface area contributed by atoms with Gasteiger partial charge in [-0.1, -0.05) is 18.2 Å². The molecule has 4 heteroatoms. The molecule has 2 rings (SSSR count). The SMILES string of the molecule is COc1ccccc1C=CC(=O)N1CCC[C@H]1CO. The highest BCUT2D eigenvalue weighted by Crippen LogP contribution is 2.20. The lowest BCUT2D eigenvalue weighted by Crippen LogP contribution is -2.36. The number of nitrogens with zero attached hydrogens (tertiary/aromatic N) is 1. The summed E-state index contributed by atoms with van der Waals surface area (Å²) in [6, 6.07) is 7.52. The van der Waals surface area contributed by atoms with E-state index in [-0.39, 0.29) is 18.6 Å². The Morgan fingerprint density at radius 2 is 2.32 bits per heavy atom. The third kappa shape index (κ3) is 3.15. The molecule has 1 aliphatic rings. The Labute approximate surface area is 113 Å². The highest BCUT2D eigenvalue weighted by molar-refractivity contribution is 5.92. The van der Waals surface area contributed by atoms with Crippen LogP contribution in [0.3, 0.4) is 0 Å². The van der Waals surface area contributed by atoms with E-state index >= 15 is 0 Å². The summed E-state index contributed by atoms with van der Waals surface area (Å²) in [7, 11) is 1.61. The van der Waals surface area contributed by atoms with Crippen molar-refractivity contribution in [3.8, 4) is 5.75 Å². The zero-order chi connectivity index (χ0) is 13.7. The summed E-state index contributed by atoms with van der Waals surface area (Å²) in [5, 5.41) is 9.21. The Morgan fingerprint density at radius 3 is 3.05 bits per heavy atom. The number of carbonyl (C=O) groups excluding carboxylic acids is 1. The molecule has 1 aliphatic heterocycles. The molecule has 0 bridgehead atoms. The van der Waals surface area contributed by atoms with Crippen molar-refractivity contribution in [3.63, 3.8) is 0 Å². The van der Waals surface area contributed by atoms with Crippen molar-refractivity contribution in [2.75, 3.05) is 20.3 Å². The molecule has 4 nitrogen and oxygen atoms in total.